The first kappa shape index (κ1) is 17.7. The Labute approximate surface area is 157 Å². The van der Waals surface area contributed by atoms with Crippen molar-refractivity contribution in [2.45, 2.75) is 6.54 Å². The number of hydrogen-bond acceptors (Lipinski definition) is 5. The van der Waals surface area contributed by atoms with Crippen LogP contribution in [0.3, 0.4) is 0 Å². The van der Waals surface area contributed by atoms with Gasteiger partial charge in [0.05, 0.1) is 22.8 Å². The van der Waals surface area contributed by atoms with E-state index in [-0.39, 0.29) is 6.08 Å². The molecule has 9 heteroatoms. The largest absolute Gasteiger partial charge is 0.452 e. The highest BCUT2D eigenvalue weighted by Crippen LogP contribution is 2.30. The lowest BCUT2D eigenvalue weighted by Gasteiger charge is -2.10. The molecular formula is C16H12Cl3N3O3. The van der Waals surface area contributed by atoms with Crippen molar-refractivity contribution in [2.24, 2.45) is 0 Å². The minimum atomic E-state index is -0.627. The Bertz CT molecular complexity index is 951. The van der Waals surface area contributed by atoms with Gasteiger partial charge in [-0.3, -0.25) is 0 Å². The second-order valence-electron chi connectivity index (χ2n) is 5.01. The molecule has 0 amide bonds. The average molecular weight is 401 g/mol. The maximum Gasteiger partial charge on any atom is 0.444 e. The molecule has 1 heterocycles. The summed E-state index contributed by atoms with van der Waals surface area (Å²) in [7, 11) is 1.37. The van der Waals surface area contributed by atoms with Crippen LogP contribution in [0.5, 0.6) is 6.08 Å². The summed E-state index contributed by atoms with van der Waals surface area (Å²) >= 11 is 18.2. The minimum absolute atomic E-state index is 0.0975. The summed E-state index contributed by atoms with van der Waals surface area (Å²) in [6.45, 7) is 0.441. The van der Waals surface area contributed by atoms with E-state index in [9.17, 15) is 4.79 Å². The molecule has 130 valence electrons. The van der Waals surface area contributed by atoms with E-state index in [4.69, 9.17) is 44.0 Å². The molecule has 25 heavy (non-hydrogen) atoms. The zero-order valence-corrected chi connectivity index (χ0v) is 15.2. The van der Waals surface area contributed by atoms with Crippen molar-refractivity contribution in [2.75, 3.05) is 12.4 Å². The van der Waals surface area contributed by atoms with E-state index in [0.29, 0.717) is 27.3 Å². The fraction of sp³-hybridized carbons (Fsp3) is 0.125. The highest BCUT2D eigenvalue weighted by Gasteiger charge is 2.10. The molecule has 0 aliphatic heterocycles. The van der Waals surface area contributed by atoms with Crippen LogP contribution in [0.25, 0.3) is 5.69 Å². The second kappa shape index (κ2) is 7.39. The van der Waals surface area contributed by atoms with Crippen molar-refractivity contribution in [3.05, 3.63) is 67.6 Å². The third kappa shape index (κ3) is 3.92. The number of rotatable bonds is 5. The Morgan fingerprint density at radius 3 is 2.56 bits per heavy atom. The maximum atomic E-state index is 11.7. The highest BCUT2D eigenvalue weighted by molar-refractivity contribution is 6.43. The average Bonchev–Trinajstić information content (AvgIpc) is 2.98. The highest BCUT2D eigenvalue weighted by atomic mass is 35.5. The molecule has 1 aromatic heterocycles. The van der Waals surface area contributed by atoms with Crippen LogP contribution in [0.15, 0.2) is 45.6 Å². The van der Waals surface area contributed by atoms with E-state index in [0.717, 1.165) is 15.9 Å². The van der Waals surface area contributed by atoms with Gasteiger partial charge in [0.1, 0.15) is 0 Å². The van der Waals surface area contributed by atoms with Crippen molar-refractivity contribution < 1.29 is 9.15 Å². The summed E-state index contributed by atoms with van der Waals surface area (Å²) in [6, 6.07) is 10.4. The van der Waals surface area contributed by atoms with Gasteiger partial charge in [0, 0.05) is 17.3 Å². The molecule has 0 aliphatic rings. The zero-order chi connectivity index (χ0) is 18.0. The van der Waals surface area contributed by atoms with Gasteiger partial charge in [0.25, 0.3) is 0 Å². The number of hydrogen-bond donors (Lipinski definition) is 1. The lowest BCUT2D eigenvalue weighted by Crippen LogP contribution is -2.13. The maximum absolute atomic E-state index is 11.7. The van der Waals surface area contributed by atoms with Crippen LogP contribution in [-0.2, 0) is 6.54 Å². The molecule has 1 N–H and O–H groups in total. The SMILES string of the molecule is COc1nn(-c2ccc(NCc3cc(Cl)cc(Cl)c3Cl)cc2)c(=O)o1. The van der Waals surface area contributed by atoms with Gasteiger partial charge < -0.3 is 14.5 Å². The van der Waals surface area contributed by atoms with Gasteiger partial charge in [-0.2, -0.15) is 4.68 Å². The number of benzene rings is 2. The Morgan fingerprint density at radius 1 is 1.20 bits per heavy atom. The van der Waals surface area contributed by atoms with E-state index in [1.54, 1.807) is 36.4 Å². The first-order valence-electron chi connectivity index (χ1n) is 7.10. The molecule has 0 saturated heterocycles. The van der Waals surface area contributed by atoms with Crippen LogP contribution in [-0.4, -0.2) is 16.9 Å². The summed E-state index contributed by atoms with van der Waals surface area (Å²) in [5, 5.41) is 8.48. The summed E-state index contributed by atoms with van der Waals surface area (Å²) in [5.41, 5.74) is 2.14. The van der Waals surface area contributed by atoms with Crippen molar-refractivity contribution in [3.8, 4) is 11.8 Å². The molecule has 0 aliphatic carbocycles. The fourth-order valence-corrected chi connectivity index (χ4v) is 2.87. The third-order valence-corrected chi connectivity index (χ3v) is 4.43. The van der Waals surface area contributed by atoms with Crippen LogP contribution < -0.4 is 15.8 Å². The quantitative estimate of drug-likeness (QED) is 0.643. The third-order valence-electron chi connectivity index (χ3n) is 3.37. The topological polar surface area (TPSA) is 69.3 Å². The number of anilines is 1. The number of ether oxygens (including phenoxy) is 1. The van der Waals surface area contributed by atoms with Crippen molar-refractivity contribution >= 4 is 40.5 Å². The summed E-state index contributed by atoms with van der Waals surface area (Å²) < 4.78 is 10.7. The molecule has 0 bridgehead atoms. The number of nitrogens with one attached hydrogen (secondary N) is 1. The molecule has 0 spiro atoms. The van der Waals surface area contributed by atoms with E-state index >= 15 is 0 Å². The van der Waals surface area contributed by atoms with Gasteiger partial charge in [-0.05, 0) is 42.0 Å². The van der Waals surface area contributed by atoms with Gasteiger partial charge in [-0.1, -0.05) is 39.9 Å². The fourth-order valence-electron chi connectivity index (χ4n) is 2.16. The van der Waals surface area contributed by atoms with Crippen LogP contribution in [0, 0.1) is 0 Å². The zero-order valence-electron chi connectivity index (χ0n) is 12.9. The van der Waals surface area contributed by atoms with E-state index < -0.39 is 5.76 Å². The van der Waals surface area contributed by atoms with Crippen molar-refractivity contribution in [1.29, 1.82) is 0 Å². The summed E-state index contributed by atoms with van der Waals surface area (Å²) in [5.74, 6) is -0.627. The Kier molecular flexibility index (Phi) is 5.22. The standard InChI is InChI=1S/C16H12Cl3N3O3/c1-24-15-21-22(16(23)25-15)12-4-2-11(3-5-12)20-8-9-6-10(17)7-13(18)14(9)19/h2-7,20H,8H2,1H3. The number of methoxy groups -OCH3 is 1. The van der Waals surface area contributed by atoms with Crippen molar-refractivity contribution in [3.63, 3.8) is 0 Å². The van der Waals surface area contributed by atoms with Crippen LogP contribution in [0.4, 0.5) is 5.69 Å². The predicted octanol–water partition coefficient (Wildman–Crippen LogP) is 4.41. The molecule has 0 unspecified atom stereocenters. The van der Waals surface area contributed by atoms with Crippen LogP contribution in [0.1, 0.15) is 5.56 Å². The minimum Gasteiger partial charge on any atom is -0.452 e. The molecule has 3 aromatic rings. The molecular weight excluding hydrogens is 389 g/mol. The van der Waals surface area contributed by atoms with Gasteiger partial charge in [-0.25, -0.2) is 4.79 Å². The first-order valence-corrected chi connectivity index (χ1v) is 8.23. The summed E-state index contributed by atoms with van der Waals surface area (Å²) in [4.78, 5) is 11.7. The normalized spacial score (nSPS) is 10.7. The van der Waals surface area contributed by atoms with E-state index in [1.165, 1.54) is 7.11 Å². The Hall–Kier alpha value is -2.15. The lowest BCUT2D eigenvalue weighted by molar-refractivity contribution is 0.282. The van der Waals surface area contributed by atoms with Gasteiger partial charge in [0.2, 0.25) is 0 Å². The van der Waals surface area contributed by atoms with Crippen LogP contribution in [0.2, 0.25) is 15.1 Å². The smallest absolute Gasteiger partial charge is 0.444 e. The molecule has 0 fully saturated rings. The number of halogens is 3. The molecule has 2 aromatic carbocycles. The molecule has 6 nitrogen and oxygen atoms in total. The predicted molar refractivity (Wildman–Crippen MR) is 97.5 cm³/mol. The lowest BCUT2D eigenvalue weighted by atomic mass is 10.2. The van der Waals surface area contributed by atoms with Crippen molar-refractivity contribution in [1.82, 2.24) is 9.78 Å². The molecule has 3 rings (SSSR count). The molecule has 0 radical (unpaired) electrons. The second-order valence-corrected chi connectivity index (χ2v) is 6.23. The number of nitrogens with zero attached hydrogens (tertiary/aromatic N) is 2. The number of aromatic nitrogens is 2. The van der Waals surface area contributed by atoms with E-state index in [1.807, 2.05) is 0 Å². The Morgan fingerprint density at radius 2 is 1.92 bits per heavy atom. The van der Waals surface area contributed by atoms with Gasteiger partial charge >= 0.3 is 11.8 Å². The first-order chi connectivity index (χ1) is 12.0. The molecule has 0 saturated carbocycles. The van der Waals surface area contributed by atoms with E-state index in [2.05, 4.69) is 10.4 Å². The van der Waals surface area contributed by atoms with Crippen LogP contribution >= 0.6 is 34.8 Å². The monoisotopic (exact) mass is 399 g/mol. The Balaban J connectivity index is 1.75. The van der Waals surface area contributed by atoms with Gasteiger partial charge in [0.15, 0.2) is 0 Å². The van der Waals surface area contributed by atoms with Gasteiger partial charge in [-0.15, -0.1) is 0 Å². The summed E-state index contributed by atoms with van der Waals surface area (Å²) in [6.07, 6.45) is -0.0975. The molecule has 0 atom stereocenters.